The van der Waals surface area contributed by atoms with Crippen molar-refractivity contribution >= 4 is 16.8 Å². The summed E-state index contributed by atoms with van der Waals surface area (Å²) in [6, 6.07) is 6.73. The third-order valence-electron chi connectivity index (χ3n) is 6.59. The normalized spacial score (nSPS) is 18.5. The van der Waals surface area contributed by atoms with Crippen molar-refractivity contribution in [1.29, 1.82) is 0 Å². The van der Waals surface area contributed by atoms with Crippen molar-refractivity contribution in [2.75, 3.05) is 20.3 Å². The summed E-state index contributed by atoms with van der Waals surface area (Å²) >= 11 is 0. The van der Waals surface area contributed by atoms with E-state index in [0.717, 1.165) is 31.2 Å². The Labute approximate surface area is 192 Å². The topological polar surface area (TPSA) is 75.3 Å². The predicted octanol–water partition coefficient (Wildman–Crippen LogP) is 3.52. The molecular weight excluding hydrogens is 425 g/mol. The van der Waals surface area contributed by atoms with Gasteiger partial charge in [0.15, 0.2) is 11.6 Å². The fraction of sp³-hybridized carbons (Fsp3) is 0.480. The van der Waals surface area contributed by atoms with Crippen molar-refractivity contribution in [3.05, 3.63) is 58.5 Å². The van der Waals surface area contributed by atoms with Crippen molar-refractivity contribution in [2.45, 2.75) is 38.6 Å². The van der Waals surface area contributed by atoms with E-state index in [0.29, 0.717) is 36.5 Å². The summed E-state index contributed by atoms with van der Waals surface area (Å²) < 4.78 is 28.1. The number of rotatable bonds is 9. The Morgan fingerprint density at radius 3 is 2.67 bits per heavy atom. The average molecular weight is 456 g/mol. The molecule has 0 N–H and O–H groups in total. The monoisotopic (exact) mass is 455 g/mol. The third-order valence-corrected chi connectivity index (χ3v) is 6.59. The van der Waals surface area contributed by atoms with Gasteiger partial charge in [0.25, 0.3) is 0 Å². The maximum atomic E-state index is 14.5. The molecule has 3 aromatic rings. The molecule has 0 aliphatic heterocycles. The van der Waals surface area contributed by atoms with Gasteiger partial charge in [-0.3, -0.25) is 18.9 Å². The lowest BCUT2D eigenvalue weighted by Crippen LogP contribution is -2.29. The van der Waals surface area contributed by atoms with E-state index in [2.05, 4.69) is 4.98 Å². The number of Topliss-reactive ketones (excluding diaryl/α,β-unsaturated/α-hetero) is 1. The van der Waals surface area contributed by atoms with Crippen LogP contribution >= 0.6 is 0 Å². The van der Waals surface area contributed by atoms with Crippen LogP contribution in [0, 0.1) is 17.7 Å². The van der Waals surface area contributed by atoms with Crippen molar-refractivity contribution in [2.24, 2.45) is 18.9 Å². The molecule has 1 aromatic carbocycles. The predicted molar refractivity (Wildman–Crippen MR) is 123 cm³/mol. The van der Waals surface area contributed by atoms with Gasteiger partial charge >= 0.3 is 5.69 Å². The first-order chi connectivity index (χ1) is 16.0. The highest BCUT2D eigenvalue weighted by atomic mass is 19.1. The number of carbonyl (C=O) groups excluding carboxylic acids is 1. The summed E-state index contributed by atoms with van der Waals surface area (Å²) in [5.74, 6) is 0.221. The molecule has 176 valence electrons. The van der Waals surface area contributed by atoms with Crippen molar-refractivity contribution < 1.29 is 18.7 Å². The molecule has 0 bridgehead atoms. The minimum absolute atomic E-state index is 0.0561. The number of ether oxygens (including phenoxy) is 2. The number of aromatic nitrogens is 3. The van der Waals surface area contributed by atoms with Gasteiger partial charge in [0.05, 0.1) is 17.6 Å². The molecule has 0 unspecified atom stereocenters. The van der Waals surface area contributed by atoms with Crippen LogP contribution in [0.5, 0.6) is 5.75 Å². The second-order valence-corrected chi connectivity index (χ2v) is 8.79. The van der Waals surface area contributed by atoms with Crippen LogP contribution in [0.1, 0.15) is 31.2 Å². The zero-order valence-electron chi connectivity index (χ0n) is 19.1. The molecule has 2 aromatic heterocycles. The summed E-state index contributed by atoms with van der Waals surface area (Å²) in [5.41, 5.74) is 1.97. The standard InChI is InChI=1S/C25H30FN3O4/c1-28-21-13-20(26)24(33-11-10-32-2)14-22(21)29(25(28)31)16-17-5-7-19(8-6-17)23(30)12-18-4-3-9-27-15-18/h3-4,9,13-15,17,19H,5-8,10-12,16H2,1-2H3. The molecular formula is C25H30FN3O4. The number of imidazole rings is 1. The molecule has 33 heavy (non-hydrogen) atoms. The fourth-order valence-electron chi connectivity index (χ4n) is 4.70. The molecule has 0 radical (unpaired) electrons. The Morgan fingerprint density at radius 1 is 1.18 bits per heavy atom. The molecule has 2 heterocycles. The van der Waals surface area contributed by atoms with Gasteiger partial charge < -0.3 is 9.47 Å². The number of methoxy groups -OCH3 is 1. The average Bonchev–Trinajstić information content (AvgIpc) is 3.04. The van der Waals surface area contributed by atoms with Crippen LogP contribution in [-0.2, 0) is 29.5 Å². The van der Waals surface area contributed by atoms with Gasteiger partial charge in [-0.1, -0.05) is 6.07 Å². The number of nitrogens with zero attached hydrogens (tertiary/aromatic N) is 3. The maximum Gasteiger partial charge on any atom is 0.328 e. The molecule has 0 spiro atoms. The lowest BCUT2D eigenvalue weighted by atomic mass is 9.79. The molecule has 8 heteroatoms. The number of aryl methyl sites for hydroxylation is 1. The Bertz CT molecular complexity index is 1160. The van der Waals surface area contributed by atoms with Gasteiger partial charge in [0.2, 0.25) is 0 Å². The van der Waals surface area contributed by atoms with Gasteiger partial charge in [-0.25, -0.2) is 9.18 Å². The molecule has 1 saturated carbocycles. The lowest BCUT2D eigenvalue weighted by molar-refractivity contribution is -0.123. The van der Waals surface area contributed by atoms with Crippen LogP contribution in [0.2, 0.25) is 0 Å². The highest BCUT2D eigenvalue weighted by Gasteiger charge is 2.27. The molecule has 0 atom stereocenters. The second kappa shape index (κ2) is 10.3. The Kier molecular flexibility index (Phi) is 7.23. The lowest BCUT2D eigenvalue weighted by Gasteiger charge is -2.28. The summed E-state index contributed by atoms with van der Waals surface area (Å²) in [7, 11) is 3.21. The largest absolute Gasteiger partial charge is 0.488 e. The van der Waals surface area contributed by atoms with Crippen molar-refractivity contribution in [1.82, 2.24) is 14.1 Å². The Hall–Kier alpha value is -3.00. The number of ketones is 1. The van der Waals surface area contributed by atoms with Crippen LogP contribution < -0.4 is 10.4 Å². The van der Waals surface area contributed by atoms with E-state index in [-0.39, 0.29) is 29.7 Å². The van der Waals surface area contributed by atoms with Crippen LogP contribution in [0.4, 0.5) is 4.39 Å². The molecule has 1 aliphatic carbocycles. The first-order valence-electron chi connectivity index (χ1n) is 11.4. The van der Waals surface area contributed by atoms with Crippen molar-refractivity contribution in [3.63, 3.8) is 0 Å². The van der Waals surface area contributed by atoms with Gasteiger partial charge in [0, 0.05) is 57.6 Å². The van der Waals surface area contributed by atoms with Crippen LogP contribution in [0.15, 0.2) is 41.5 Å². The number of hydrogen-bond donors (Lipinski definition) is 0. The van der Waals surface area contributed by atoms with E-state index in [9.17, 15) is 14.0 Å². The number of fused-ring (bicyclic) bond motifs is 1. The van der Waals surface area contributed by atoms with Crippen molar-refractivity contribution in [3.8, 4) is 5.75 Å². The third kappa shape index (κ3) is 5.16. The van der Waals surface area contributed by atoms with E-state index in [4.69, 9.17) is 9.47 Å². The van der Waals surface area contributed by atoms with Gasteiger partial charge in [-0.2, -0.15) is 0 Å². The molecule has 1 fully saturated rings. The van der Waals surface area contributed by atoms with E-state index < -0.39 is 5.82 Å². The number of carbonyl (C=O) groups is 1. The minimum atomic E-state index is -0.501. The highest BCUT2D eigenvalue weighted by molar-refractivity contribution is 5.83. The van der Waals surface area contributed by atoms with E-state index >= 15 is 0 Å². The van der Waals surface area contributed by atoms with E-state index in [1.54, 1.807) is 37.2 Å². The zero-order valence-corrected chi connectivity index (χ0v) is 19.1. The summed E-state index contributed by atoms with van der Waals surface area (Å²) in [4.78, 5) is 29.7. The SMILES string of the molecule is COCCOc1cc2c(cc1F)n(C)c(=O)n2CC1CCC(C(=O)Cc2cccnc2)CC1. The minimum Gasteiger partial charge on any atom is -0.488 e. The maximum absolute atomic E-state index is 14.5. The van der Waals surface area contributed by atoms with Crippen LogP contribution in [0.25, 0.3) is 11.0 Å². The van der Waals surface area contributed by atoms with Crippen LogP contribution in [-0.4, -0.2) is 40.2 Å². The molecule has 7 nitrogen and oxygen atoms in total. The smallest absolute Gasteiger partial charge is 0.328 e. The number of pyridine rings is 1. The number of halogens is 1. The zero-order chi connectivity index (χ0) is 23.4. The quantitative estimate of drug-likeness (QED) is 0.462. The summed E-state index contributed by atoms with van der Waals surface area (Å²) in [6.07, 6.45) is 7.27. The molecule has 1 aliphatic rings. The molecule has 4 rings (SSSR count). The number of hydrogen-bond acceptors (Lipinski definition) is 5. The molecule has 0 amide bonds. The van der Waals surface area contributed by atoms with Gasteiger partial charge in [0.1, 0.15) is 12.4 Å². The van der Waals surface area contributed by atoms with Gasteiger partial charge in [-0.15, -0.1) is 0 Å². The Balaban J connectivity index is 1.44. The van der Waals surface area contributed by atoms with E-state index in [1.165, 1.54) is 10.6 Å². The summed E-state index contributed by atoms with van der Waals surface area (Å²) in [5, 5.41) is 0. The second-order valence-electron chi connectivity index (χ2n) is 8.79. The van der Waals surface area contributed by atoms with Crippen LogP contribution in [0.3, 0.4) is 0 Å². The van der Waals surface area contributed by atoms with Gasteiger partial charge in [-0.05, 0) is 43.2 Å². The first-order valence-corrected chi connectivity index (χ1v) is 11.4. The van der Waals surface area contributed by atoms with E-state index in [1.807, 2.05) is 12.1 Å². The molecule has 0 saturated heterocycles. The summed E-state index contributed by atoms with van der Waals surface area (Å²) in [6.45, 7) is 1.12. The fourth-order valence-corrected chi connectivity index (χ4v) is 4.70. The highest BCUT2D eigenvalue weighted by Crippen LogP contribution is 2.32. The Morgan fingerprint density at radius 2 is 1.97 bits per heavy atom. The first kappa shape index (κ1) is 23.2. The number of benzene rings is 1.